The average Bonchev–Trinajstić information content (AvgIpc) is 1.69. The third-order valence-corrected chi connectivity index (χ3v) is 8.65. The molecule has 0 rings (SSSR count). The molecule has 43 valence electrons. The summed E-state index contributed by atoms with van der Waals surface area (Å²) in [7, 11) is 0. The van der Waals surface area contributed by atoms with Crippen molar-refractivity contribution in [1.82, 2.24) is 0 Å². The monoisotopic (exact) mass is 295 g/mol. The summed E-state index contributed by atoms with van der Waals surface area (Å²) in [4.78, 5) is 0. The van der Waals surface area contributed by atoms with E-state index in [0.29, 0.717) is 0 Å². The quantitative estimate of drug-likeness (QED) is 0.550. The Bertz CT molecular complexity index is 23.4. The van der Waals surface area contributed by atoms with Crippen LogP contribution in [0.4, 0.5) is 0 Å². The molecule has 0 N–H and O–H groups in total. The van der Waals surface area contributed by atoms with Crippen molar-refractivity contribution in [1.29, 1.82) is 0 Å². The second-order valence-electron chi connectivity index (χ2n) is 1.87. The summed E-state index contributed by atoms with van der Waals surface area (Å²) in [6.07, 6.45) is 2.91. The van der Waals surface area contributed by atoms with Crippen molar-refractivity contribution in [3.63, 3.8) is 0 Å². The van der Waals surface area contributed by atoms with Crippen LogP contribution in [-0.2, 0) is 0 Å². The fourth-order valence-electron chi connectivity index (χ4n) is 0.553. The Hall–Kier alpha value is 0.922. The molecule has 0 heterocycles. The first-order valence-corrected chi connectivity index (χ1v) is 9.58. The van der Waals surface area contributed by atoms with Gasteiger partial charge in [0.2, 0.25) is 0 Å². The SMILES string of the molecule is CC[CH2][PbH][CH2]CC. The van der Waals surface area contributed by atoms with Crippen LogP contribution in [-0.4, -0.2) is 24.2 Å². The van der Waals surface area contributed by atoms with E-state index in [2.05, 4.69) is 13.8 Å². The van der Waals surface area contributed by atoms with Crippen LogP contribution >= 0.6 is 0 Å². The van der Waals surface area contributed by atoms with Crippen LogP contribution in [0.3, 0.4) is 0 Å². The Balaban J connectivity index is 2.45. The standard InChI is InChI=1S/2C3H7.Pb.H/c2*1-3-2;;/h2*1,3H2,2H3;;. The average molecular weight is 294 g/mol. The molecule has 0 nitrogen and oxygen atoms in total. The summed E-state index contributed by atoms with van der Waals surface area (Å²) in [5.74, 6) is 0. The van der Waals surface area contributed by atoms with Crippen molar-refractivity contribution >= 4 is 24.2 Å². The molecule has 0 aliphatic heterocycles. The molecule has 0 bridgehead atoms. The molecule has 0 unspecified atom stereocenters. The molecule has 0 saturated heterocycles. The summed E-state index contributed by atoms with van der Waals surface area (Å²) in [6.45, 7) is 4.60. The maximum absolute atomic E-state index is 2.30. The van der Waals surface area contributed by atoms with Gasteiger partial charge in [-0.05, 0) is 0 Å². The summed E-state index contributed by atoms with van der Waals surface area (Å²) >= 11 is -0.102. The van der Waals surface area contributed by atoms with E-state index < -0.39 is 0 Å². The van der Waals surface area contributed by atoms with Gasteiger partial charge in [0.15, 0.2) is 0 Å². The van der Waals surface area contributed by atoms with Crippen LogP contribution in [0.15, 0.2) is 0 Å². The molecule has 0 aromatic carbocycles. The van der Waals surface area contributed by atoms with Crippen molar-refractivity contribution < 1.29 is 0 Å². The van der Waals surface area contributed by atoms with Gasteiger partial charge in [-0.1, -0.05) is 0 Å². The normalized spacial score (nSPS) is 9.43. The van der Waals surface area contributed by atoms with Crippen LogP contribution in [0.2, 0.25) is 7.96 Å². The van der Waals surface area contributed by atoms with Gasteiger partial charge in [-0.2, -0.15) is 0 Å². The van der Waals surface area contributed by atoms with Crippen LogP contribution in [0.1, 0.15) is 26.7 Å². The first-order valence-electron chi connectivity index (χ1n) is 3.23. The molecule has 0 amide bonds. The van der Waals surface area contributed by atoms with Crippen LogP contribution in [0.25, 0.3) is 0 Å². The third kappa shape index (κ3) is 6.92. The number of rotatable bonds is 4. The molecule has 0 aliphatic rings. The van der Waals surface area contributed by atoms with Gasteiger partial charge < -0.3 is 0 Å². The zero-order chi connectivity index (χ0) is 5.54. The second-order valence-corrected chi connectivity index (χ2v) is 8.60. The van der Waals surface area contributed by atoms with Gasteiger partial charge in [0, 0.05) is 0 Å². The minimum atomic E-state index is -0.102. The van der Waals surface area contributed by atoms with Crippen LogP contribution < -0.4 is 0 Å². The van der Waals surface area contributed by atoms with Gasteiger partial charge >= 0.3 is 58.9 Å². The fraction of sp³-hybridized carbons (Fsp3) is 1.00. The van der Waals surface area contributed by atoms with Crippen molar-refractivity contribution in [2.24, 2.45) is 0 Å². The molecular weight excluding hydrogens is 279 g/mol. The predicted octanol–water partition coefficient (Wildman–Crippen LogP) is 2.08. The van der Waals surface area contributed by atoms with Gasteiger partial charge in [-0.15, -0.1) is 0 Å². The Labute approximate surface area is 58.9 Å². The molecule has 0 aromatic rings. The van der Waals surface area contributed by atoms with Crippen molar-refractivity contribution in [3.05, 3.63) is 0 Å². The molecular formula is C6H15Pb. The second kappa shape index (κ2) is 6.92. The molecule has 7 heavy (non-hydrogen) atoms. The Morgan fingerprint density at radius 1 is 1.00 bits per heavy atom. The fourth-order valence-corrected chi connectivity index (χ4v) is 4.85. The molecule has 1 heteroatoms. The third-order valence-electron chi connectivity index (χ3n) is 0.986. The maximum atomic E-state index is 2.30. The molecule has 0 aliphatic carbocycles. The Morgan fingerprint density at radius 2 is 1.43 bits per heavy atom. The molecule has 1 radical (unpaired) electrons. The predicted molar refractivity (Wildman–Crippen MR) is 37.3 cm³/mol. The van der Waals surface area contributed by atoms with Gasteiger partial charge in [-0.3, -0.25) is 0 Å². The number of hydrogen-bond donors (Lipinski definition) is 0. The molecule has 0 atom stereocenters. The van der Waals surface area contributed by atoms with E-state index >= 15 is 0 Å². The Kier molecular flexibility index (Phi) is 7.83. The van der Waals surface area contributed by atoms with Crippen molar-refractivity contribution in [2.75, 3.05) is 0 Å². The van der Waals surface area contributed by atoms with Gasteiger partial charge in [-0.25, -0.2) is 0 Å². The zero-order valence-electron chi connectivity index (χ0n) is 5.41. The van der Waals surface area contributed by atoms with Crippen molar-refractivity contribution in [3.8, 4) is 0 Å². The van der Waals surface area contributed by atoms with E-state index in [9.17, 15) is 0 Å². The topological polar surface area (TPSA) is 0 Å². The van der Waals surface area contributed by atoms with E-state index in [0.717, 1.165) is 0 Å². The van der Waals surface area contributed by atoms with Gasteiger partial charge in [0.05, 0.1) is 0 Å². The van der Waals surface area contributed by atoms with E-state index in [1.165, 1.54) is 12.8 Å². The van der Waals surface area contributed by atoms with Crippen LogP contribution in [0.5, 0.6) is 0 Å². The van der Waals surface area contributed by atoms with E-state index in [1.54, 1.807) is 7.96 Å². The zero-order valence-corrected chi connectivity index (χ0v) is 9.89. The Morgan fingerprint density at radius 3 is 1.71 bits per heavy atom. The summed E-state index contributed by atoms with van der Waals surface area (Å²) in [5.41, 5.74) is 0. The van der Waals surface area contributed by atoms with Gasteiger partial charge in [0.25, 0.3) is 0 Å². The number of hydrogen-bond acceptors (Lipinski definition) is 0. The summed E-state index contributed by atoms with van der Waals surface area (Å²) in [6, 6.07) is 0. The first-order chi connectivity index (χ1) is 3.41. The van der Waals surface area contributed by atoms with Crippen LogP contribution in [0, 0.1) is 0 Å². The molecule has 0 fully saturated rings. The van der Waals surface area contributed by atoms with Crippen molar-refractivity contribution in [2.45, 2.75) is 34.6 Å². The summed E-state index contributed by atoms with van der Waals surface area (Å²) < 4.78 is 3.27. The minimum absolute atomic E-state index is 0.102. The molecule has 0 saturated carbocycles. The van der Waals surface area contributed by atoms with E-state index in [1.807, 2.05) is 0 Å². The van der Waals surface area contributed by atoms with E-state index in [-0.39, 0.29) is 24.2 Å². The molecule has 0 aromatic heterocycles. The first kappa shape index (κ1) is 7.92. The van der Waals surface area contributed by atoms with Gasteiger partial charge in [0.1, 0.15) is 0 Å². The van der Waals surface area contributed by atoms with E-state index in [4.69, 9.17) is 0 Å². The summed E-state index contributed by atoms with van der Waals surface area (Å²) in [5, 5.41) is 0. The molecule has 0 spiro atoms.